The summed E-state index contributed by atoms with van der Waals surface area (Å²) in [6.45, 7) is 5.79. The van der Waals surface area contributed by atoms with Crippen LogP contribution in [0.4, 0.5) is 18.9 Å². The molecule has 0 aliphatic carbocycles. The van der Waals surface area contributed by atoms with E-state index in [0.29, 0.717) is 11.0 Å². The molecule has 2 heterocycles. The van der Waals surface area contributed by atoms with E-state index in [4.69, 9.17) is 11.6 Å². The normalized spacial score (nSPS) is 12.5. The van der Waals surface area contributed by atoms with Crippen molar-refractivity contribution in [3.8, 4) is 17.1 Å². The standard InChI is InChI=1S/C26H23ClF3N5OS/c1-15(2)19-8-4-5-9-22(19)35-23(17-7-6-12-31-14-17)33-34-25(35)37-16(3)24(36)32-21-13-18(26(28,29)30)10-11-20(21)27/h4-16H,1-3H3,(H,32,36). The number of hydrogen-bond acceptors (Lipinski definition) is 5. The molecule has 0 saturated carbocycles. The zero-order valence-corrected chi connectivity index (χ0v) is 21.7. The number of anilines is 1. The van der Waals surface area contributed by atoms with E-state index in [0.717, 1.165) is 46.8 Å². The number of rotatable bonds is 7. The predicted octanol–water partition coefficient (Wildman–Crippen LogP) is 7.24. The Balaban J connectivity index is 1.68. The summed E-state index contributed by atoms with van der Waals surface area (Å²) >= 11 is 7.19. The zero-order valence-electron chi connectivity index (χ0n) is 20.1. The van der Waals surface area contributed by atoms with Crippen LogP contribution in [0.2, 0.25) is 5.02 Å². The molecule has 6 nitrogen and oxygen atoms in total. The van der Waals surface area contributed by atoms with Crippen LogP contribution in [0.25, 0.3) is 17.1 Å². The Hall–Kier alpha value is -3.37. The van der Waals surface area contributed by atoms with Gasteiger partial charge >= 0.3 is 6.18 Å². The van der Waals surface area contributed by atoms with E-state index >= 15 is 0 Å². The van der Waals surface area contributed by atoms with Gasteiger partial charge in [0.1, 0.15) is 0 Å². The largest absolute Gasteiger partial charge is 0.416 e. The zero-order chi connectivity index (χ0) is 26.7. The number of nitrogens with zero attached hydrogens (tertiary/aromatic N) is 4. The molecule has 1 atom stereocenters. The minimum Gasteiger partial charge on any atom is -0.324 e. The van der Waals surface area contributed by atoms with Crippen molar-refractivity contribution >= 4 is 35.0 Å². The van der Waals surface area contributed by atoms with Crippen molar-refractivity contribution < 1.29 is 18.0 Å². The number of alkyl halides is 3. The van der Waals surface area contributed by atoms with Gasteiger partial charge in [-0.3, -0.25) is 14.3 Å². The third-order valence-corrected chi connectivity index (χ3v) is 6.93. The van der Waals surface area contributed by atoms with Gasteiger partial charge in [-0.1, -0.05) is 55.4 Å². The Morgan fingerprint density at radius 3 is 2.49 bits per heavy atom. The number of carbonyl (C=O) groups excluding carboxylic acids is 1. The molecule has 0 aliphatic heterocycles. The minimum atomic E-state index is -4.56. The summed E-state index contributed by atoms with van der Waals surface area (Å²) in [6.07, 6.45) is -1.22. The molecular formula is C26H23ClF3N5OS. The molecule has 1 N–H and O–H groups in total. The Labute approximate surface area is 221 Å². The van der Waals surface area contributed by atoms with E-state index in [9.17, 15) is 18.0 Å². The monoisotopic (exact) mass is 545 g/mol. The van der Waals surface area contributed by atoms with Gasteiger partial charge in [0.05, 0.1) is 27.2 Å². The number of nitrogens with one attached hydrogen (secondary N) is 1. The van der Waals surface area contributed by atoms with E-state index in [-0.39, 0.29) is 16.6 Å². The van der Waals surface area contributed by atoms with Crippen molar-refractivity contribution in [3.63, 3.8) is 0 Å². The summed E-state index contributed by atoms with van der Waals surface area (Å²) in [5, 5.41) is 11.0. The SMILES string of the molecule is CC(Sc1nnc(-c2cccnc2)n1-c1ccccc1C(C)C)C(=O)Nc1cc(C(F)(F)F)ccc1Cl. The second kappa shape index (κ2) is 10.9. The van der Waals surface area contributed by atoms with E-state index in [1.165, 1.54) is 0 Å². The van der Waals surface area contributed by atoms with Gasteiger partial charge in [0, 0.05) is 18.0 Å². The number of amides is 1. The van der Waals surface area contributed by atoms with E-state index in [1.807, 2.05) is 34.9 Å². The number of halogens is 4. The molecule has 0 radical (unpaired) electrons. The Kier molecular flexibility index (Phi) is 7.89. The maximum Gasteiger partial charge on any atom is 0.416 e. The van der Waals surface area contributed by atoms with Gasteiger partial charge in [0.15, 0.2) is 11.0 Å². The Bertz CT molecular complexity index is 1410. The third kappa shape index (κ3) is 5.97. The lowest BCUT2D eigenvalue weighted by Crippen LogP contribution is -2.23. The first-order chi connectivity index (χ1) is 17.6. The number of para-hydroxylation sites is 1. The van der Waals surface area contributed by atoms with Crippen LogP contribution in [0.1, 0.15) is 37.8 Å². The summed E-state index contributed by atoms with van der Waals surface area (Å²) in [4.78, 5) is 17.2. The highest BCUT2D eigenvalue weighted by Crippen LogP contribution is 2.36. The lowest BCUT2D eigenvalue weighted by Gasteiger charge is -2.18. The predicted molar refractivity (Wildman–Crippen MR) is 139 cm³/mol. The molecule has 0 fully saturated rings. The van der Waals surface area contributed by atoms with Crippen LogP contribution in [-0.2, 0) is 11.0 Å². The van der Waals surface area contributed by atoms with Gasteiger partial charge in [0.2, 0.25) is 5.91 Å². The Morgan fingerprint density at radius 1 is 1.05 bits per heavy atom. The van der Waals surface area contributed by atoms with Gasteiger partial charge in [-0.05, 0) is 54.8 Å². The summed E-state index contributed by atoms with van der Waals surface area (Å²) in [5.41, 5.74) is 1.64. The van der Waals surface area contributed by atoms with Gasteiger partial charge < -0.3 is 5.32 Å². The van der Waals surface area contributed by atoms with Gasteiger partial charge in [0.25, 0.3) is 0 Å². The van der Waals surface area contributed by atoms with Crippen LogP contribution in [-0.4, -0.2) is 30.9 Å². The molecule has 192 valence electrons. The first kappa shape index (κ1) is 26.7. The lowest BCUT2D eigenvalue weighted by atomic mass is 10.0. The van der Waals surface area contributed by atoms with Crippen LogP contribution >= 0.6 is 23.4 Å². The molecule has 4 aromatic rings. The fraction of sp³-hybridized carbons (Fsp3) is 0.231. The second-order valence-electron chi connectivity index (χ2n) is 8.54. The molecule has 2 aromatic carbocycles. The van der Waals surface area contributed by atoms with Crippen molar-refractivity contribution in [3.05, 3.63) is 83.1 Å². The van der Waals surface area contributed by atoms with Crippen molar-refractivity contribution in [2.75, 3.05) is 5.32 Å². The quantitative estimate of drug-likeness (QED) is 0.248. The second-order valence-corrected chi connectivity index (χ2v) is 10.3. The molecular weight excluding hydrogens is 523 g/mol. The average Bonchev–Trinajstić information content (AvgIpc) is 3.28. The van der Waals surface area contributed by atoms with E-state index in [1.54, 1.807) is 25.4 Å². The van der Waals surface area contributed by atoms with Crippen LogP contribution < -0.4 is 5.32 Å². The fourth-order valence-corrected chi connectivity index (χ4v) is 4.69. The molecule has 0 saturated heterocycles. The van der Waals surface area contributed by atoms with Crippen LogP contribution in [0.15, 0.2) is 72.1 Å². The van der Waals surface area contributed by atoms with Crippen molar-refractivity contribution in [1.29, 1.82) is 0 Å². The molecule has 0 aliphatic rings. The summed E-state index contributed by atoms with van der Waals surface area (Å²) in [6, 6.07) is 14.3. The topological polar surface area (TPSA) is 72.7 Å². The molecule has 0 bridgehead atoms. The van der Waals surface area contributed by atoms with Gasteiger partial charge in [-0.25, -0.2) is 0 Å². The van der Waals surface area contributed by atoms with Gasteiger partial charge in [-0.15, -0.1) is 10.2 Å². The number of carbonyl (C=O) groups is 1. The van der Waals surface area contributed by atoms with E-state index < -0.39 is 22.9 Å². The summed E-state index contributed by atoms with van der Waals surface area (Å²) < 4.78 is 41.3. The molecule has 0 spiro atoms. The minimum absolute atomic E-state index is 0.00596. The highest BCUT2D eigenvalue weighted by molar-refractivity contribution is 8.00. The fourth-order valence-electron chi connectivity index (χ4n) is 3.67. The molecule has 1 amide bonds. The molecule has 2 aromatic heterocycles. The Morgan fingerprint density at radius 2 is 1.81 bits per heavy atom. The van der Waals surface area contributed by atoms with Crippen LogP contribution in [0.3, 0.4) is 0 Å². The molecule has 37 heavy (non-hydrogen) atoms. The summed E-state index contributed by atoms with van der Waals surface area (Å²) in [5.74, 6) is 0.222. The van der Waals surface area contributed by atoms with Crippen molar-refractivity contribution in [2.45, 2.75) is 43.3 Å². The van der Waals surface area contributed by atoms with Gasteiger partial charge in [-0.2, -0.15) is 13.2 Å². The molecule has 1 unspecified atom stereocenters. The number of benzene rings is 2. The average molecular weight is 546 g/mol. The number of aromatic nitrogens is 4. The van der Waals surface area contributed by atoms with Crippen molar-refractivity contribution in [1.82, 2.24) is 19.7 Å². The highest BCUT2D eigenvalue weighted by Gasteiger charge is 2.31. The van der Waals surface area contributed by atoms with Crippen LogP contribution in [0.5, 0.6) is 0 Å². The molecule has 4 rings (SSSR count). The molecule has 11 heteroatoms. The summed E-state index contributed by atoms with van der Waals surface area (Å²) in [7, 11) is 0. The number of thioether (sulfide) groups is 1. The van der Waals surface area contributed by atoms with Crippen LogP contribution in [0, 0.1) is 0 Å². The van der Waals surface area contributed by atoms with E-state index in [2.05, 4.69) is 34.3 Å². The maximum absolute atomic E-state index is 13.1. The lowest BCUT2D eigenvalue weighted by molar-refractivity contribution is -0.137. The highest BCUT2D eigenvalue weighted by atomic mass is 35.5. The number of hydrogen-bond donors (Lipinski definition) is 1. The third-order valence-electron chi connectivity index (χ3n) is 5.56. The first-order valence-electron chi connectivity index (χ1n) is 11.4. The maximum atomic E-state index is 13.1. The first-order valence-corrected chi connectivity index (χ1v) is 12.6. The number of pyridine rings is 1. The smallest absolute Gasteiger partial charge is 0.324 e. The van der Waals surface area contributed by atoms with Crippen molar-refractivity contribution in [2.24, 2.45) is 0 Å².